The van der Waals surface area contributed by atoms with E-state index in [4.69, 9.17) is 9.53 Å². The van der Waals surface area contributed by atoms with Crippen LogP contribution in [0.1, 0.15) is 42.9 Å². The van der Waals surface area contributed by atoms with Crippen LogP contribution in [0.3, 0.4) is 0 Å². The number of carbonyl (C=O) groups is 3. The number of benzene rings is 3. The molecule has 3 amide bonds. The minimum Gasteiger partial charge on any atom is -0.478 e. The summed E-state index contributed by atoms with van der Waals surface area (Å²) in [6.45, 7) is 9.61. The first-order valence-electron chi connectivity index (χ1n) is 16.6. The number of ether oxygens (including phenoxy) is 1. The zero-order valence-electron chi connectivity index (χ0n) is 28.8. The number of nitrogens with zero attached hydrogens (tertiary/aromatic N) is 2. The highest BCUT2D eigenvalue weighted by atomic mass is 16.5. The van der Waals surface area contributed by atoms with Gasteiger partial charge in [-0.1, -0.05) is 85.5 Å². The van der Waals surface area contributed by atoms with E-state index in [0.29, 0.717) is 38.2 Å². The Morgan fingerprint density at radius 1 is 1.02 bits per heavy atom. The summed E-state index contributed by atoms with van der Waals surface area (Å²) in [7, 11) is 3.15. The summed E-state index contributed by atoms with van der Waals surface area (Å²) < 4.78 is 6.50. The van der Waals surface area contributed by atoms with E-state index in [1.54, 1.807) is 19.0 Å². The van der Waals surface area contributed by atoms with Crippen LogP contribution < -0.4 is 20.7 Å². The van der Waals surface area contributed by atoms with E-state index in [1.807, 2.05) is 67.4 Å². The molecule has 2 aliphatic heterocycles. The van der Waals surface area contributed by atoms with Crippen molar-refractivity contribution in [1.29, 1.82) is 0 Å². The first-order valence-corrected chi connectivity index (χ1v) is 16.6. The van der Waals surface area contributed by atoms with E-state index in [-0.39, 0.29) is 17.7 Å². The third-order valence-corrected chi connectivity index (χ3v) is 8.53. The molecular formula is C40H47N5O4. The van der Waals surface area contributed by atoms with Gasteiger partial charge in [-0.25, -0.2) is 0 Å². The second-order valence-electron chi connectivity index (χ2n) is 11.6. The molecule has 1 atom stereocenters. The molecule has 5 rings (SSSR count). The molecule has 3 N–H and O–H groups in total. The van der Waals surface area contributed by atoms with E-state index in [0.717, 1.165) is 34.7 Å². The van der Waals surface area contributed by atoms with E-state index in [1.165, 1.54) is 11.1 Å². The quantitative estimate of drug-likeness (QED) is 0.169. The Morgan fingerprint density at radius 3 is 2.24 bits per heavy atom. The van der Waals surface area contributed by atoms with Gasteiger partial charge in [-0.3, -0.25) is 14.4 Å². The van der Waals surface area contributed by atoms with Gasteiger partial charge in [-0.2, -0.15) is 0 Å². The lowest BCUT2D eigenvalue weighted by Crippen LogP contribution is -2.45. The van der Waals surface area contributed by atoms with Gasteiger partial charge >= 0.3 is 0 Å². The SMILES string of the molecule is C=C(C(=O)NC)N1C=CC(CNc2cccc3c2OC(C(=O)N(CC)CC(c2ccccc2)c2ccccc2)CC3)=C/C1=C/C.CNC=O. The predicted octanol–water partition coefficient (Wildman–Crippen LogP) is 5.75. The van der Waals surface area contributed by atoms with Crippen LogP contribution in [-0.2, 0) is 20.8 Å². The van der Waals surface area contributed by atoms with Crippen LogP contribution in [0.25, 0.3) is 0 Å². The third kappa shape index (κ3) is 9.28. The van der Waals surface area contributed by atoms with Gasteiger partial charge in [0, 0.05) is 51.5 Å². The van der Waals surface area contributed by atoms with Crippen molar-refractivity contribution in [3.05, 3.63) is 144 Å². The van der Waals surface area contributed by atoms with Crippen molar-refractivity contribution in [3.63, 3.8) is 0 Å². The number of likely N-dealkylation sites (N-methyl/N-ethyl adjacent to an activating group) is 2. The van der Waals surface area contributed by atoms with Gasteiger partial charge in [-0.15, -0.1) is 0 Å². The van der Waals surface area contributed by atoms with Crippen LogP contribution in [0.15, 0.2) is 127 Å². The van der Waals surface area contributed by atoms with Crippen molar-refractivity contribution in [2.24, 2.45) is 0 Å². The maximum atomic E-state index is 14.0. The highest BCUT2D eigenvalue weighted by molar-refractivity contribution is 5.92. The first kappa shape index (κ1) is 36.3. The summed E-state index contributed by atoms with van der Waals surface area (Å²) in [5.41, 5.74) is 6.57. The molecule has 256 valence electrons. The number of rotatable bonds is 12. The Bertz CT molecular complexity index is 1640. The number of allylic oxidation sites excluding steroid dienone is 2. The van der Waals surface area contributed by atoms with Crippen molar-refractivity contribution < 1.29 is 19.1 Å². The Balaban J connectivity index is 0.00000128. The van der Waals surface area contributed by atoms with Gasteiger partial charge in [0.2, 0.25) is 6.41 Å². The molecule has 0 saturated heterocycles. The second kappa shape index (κ2) is 18.1. The molecule has 0 spiro atoms. The summed E-state index contributed by atoms with van der Waals surface area (Å²) in [5.74, 6) is 0.583. The molecule has 0 bridgehead atoms. The summed E-state index contributed by atoms with van der Waals surface area (Å²) in [6.07, 6.45) is 9.26. The van der Waals surface area contributed by atoms with Gasteiger partial charge in [0.15, 0.2) is 6.10 Å². The number of nitrogens with one attached hydrogen (secondary N) is 3. The molecule has 0 aromatic heterocycles. The molecule has 0 radical (unpaired) electrons. The number of hydrogen-bond acceptors (Lipinski definition) is 6. The number of carbonyl (C=O) groups excluding carboxylic acids is 3. The monoisotopic (exact) mass is 661 g/mol. The molecule has 9 heteroatoms. The number of para-hydroxylation sites is 1. The lowest BCUT2D eigenvalue weighted by molar-refractivity contribution is -0.139. The van der Waals surface area contributed by atoms with E-state index in [9.17, 15) is 9.59 Å². The molecule has 0 fully saturated rings. The maximum Gasteiger partial charge on any atom is 0.267 e. The van der Waals surface area contributed by atoms with Crippen LogP contribution in [-0.4, -0.2) is 67.9 Å². The van der Waals surface area contributed by atoms with Crippen LogP contribution >= 0.6 is 0 Å². The average molecular weight is 662 g/mol. The molecule has 2 aliphatic rings. The predicted molar refractivity (Wildman–Crippen MR) is 196 cm³/mol. The van der Waals surface area contributed by atoms with Crippen molar-refractivity contribution in [1.82, 2.24) is 20.4 Å². The fraction of sp³-hybridized carbons (Fsp3) is 0.275. The third-order valence-electron chi connectivity index (χ3n) is 8.53. The summed E-state index contributed by atoms with van der Waals surface area (Å²) in [4.78, 5) is 38.9. The normalized spacial score (nSPS) is 15.5. The fourth-order valence-corrected chi connectivity index (χ4v) is 5.89. The standard InChI is InChI=1S/C38H42N4O3.C2H5NO/c1-5-32-24-28(22-23-42(32)27(3)37(43)39-4)25-40-34-19-13-18-31-20-21-35(45-36(31)34)38(44)41(6-2)26-33(29-14-9-7-10-15-29)30-16-11-8-12-17-30;1-3-2-4/h5,7-19,22-24,33,35,40H,3,6,20-21,25-26H2,1-2,4H3,(H,39,43);2H,1H3,(H,3,4)/b32-5-;. The molecule has 2 heterocycles. The molecule has 1 unspecified atom stereocenters. The van der Waals surface area contributed by atoms with Crippen molar-refractivity contribution in [3.8, 4) is 5.75 Å². The number of amides is 3. The van der Waals surface area contributed by atoms with Crippen molar-refractivity contribution in [2.75, 3.05) is 39.0 Å². The van der Waals surface area contributed by atoms with E-state index >= 15 is 0 Å². The maximum absolute atomic E-state index is 14.0. The Kier molecular flexibility index (Phi) is 13.4. The molecular weight excluding hydrogens is 614 g/mol. The Morgan fingerprint density at radius 2 is 1.67 bits per heavy atom. The Hall–Kier alpha value is -5.57. The average Bonchev–Trinajstić information content (AvgIpc) is 3.17. The minimum absolute atomic E-state index is 0.0156. The second-order valence-corrected chi connectivity index (χ2v) is 11.6. The molecule has 3 aromatic carbocycles. The van der Waals surface area contributed by atoms with E-state index < -0.39 is 6.10 Å². The highest BCUT2D eigenvalue weighted by Crippen LogP contribution is 2.36. The number of hydrogen-bond donors (Lipinski definition) is 3. The van der Waals surface area contributed by atoms with Gasteiger partial charge in [0.1, 0.15) is 11.4 Å². The minimum atomic E-state index is -0.555. The smallest absolute Gasteiger partial charge is 0.267 e. The van der Waals surface area contributed by atoms with Gasteiger partial charge in [0.05, 0.1) is 5.69 Å². The largest absolute Gasteiger partial charge is 0.478 e. The number of fused-ring (bicyclic) bond motifs is 1. The van der Waals surface area contributed by atoms with Gasteiger partial charge < -0.3 is 30.5 Å². The lowest BCUT2D eigenvalue weighted by Gasteiger charge is -2.33. The van der Waals surface area contributed by atoms with Crippen LogP contribution in [0.4, 0.5) is 5.69 Å². The molecule has 49 heavy (non-hydrogen) atoms. The molecule has 3 aromatic rings. The number of anilines is 1. The molecule has 0 aliphatic carbocycles. The van der Waals surface area contributed by atoms with Crippen molar-refractivity contribution >= 4 is 23.9 Å². The first-order chi connectivity index (χ1) is 23.8. The summed E-state index contributed by atoms with van der Waals surface area (Å²) >= 11 is 0. The van der Waals surface area contributed by atoms with Crippen molar-refractivity contribution in [2.45, 2.75) is 38.7 Å². The van der Waals surface area contributed by atoms with Crippen LogP contribution in [0.5, 0.6) is 5.75 Å². The zero-order chi connectivity index (χ0) is 35.2. The van der Waals surface area contributed by atoms with Crippen LogP contribution in [0, 0.1) is 0 Å². The summed E-state index contributed by atoms with van der Waals surface area (Å²) in [6, 6.07) is 26.9. The highest BCUT2D eigenvalue weighted by Gasteiger charge is 2.32. The van der Waals surface area contributed by atoms with Crippen LogP contribution in [0.2, 0.25) is 0 Å². The number of aryl methyl sites for hydroxylation is 1. The fourth-order valence-electron chi connectivity index (χ4n) is 5.89. The molecule has 9 nitrogen and oxygen atoms in total. The van der Waals surface area contributed by atoms with Gasteiger partial charge in [-0.05, 0) is 67.2 Å². The topological polar surface area (TPSA) is 103 Å². The molecule has 0 saturated carbocycles. The van der Waals surface area contributed by atoms with Gasteiger partial charge in [0.25, 0.3) is 11.8 Å². The zero-order valence-corrected chi connectivity index (χ0v) is 28.8. The Labute approximate surface area is 290 Å². The van der Waals surface area contributed by atoms with E-state index in [2.05, 4.69) is 77.1 Å². The summed E-state index contributed by atoms with van der Waals surface area (Å²) in [5, 5.41) is 8.40. The lowest BCUT2D eigenvalue weighted by atomic mass is 9.90.